The summed E-state index contributed by atoms with van der Waals surface area (Å²) in [5.74, 6) is 0.0366. The highest BCUT2D eigenvalue weighted by atomic mass is 35.5. The number of hydrogen-bond donors (Lipinski definition) is 2. The first kappa shape index (κ1) is 11.8. The Morgan fingerprint density at radius 3 is 3.13 bits per heavy atom. The smallest absolute Gasteiger partial charge is 0.251 e. The fraction of sp³-hybridized carbons (Fsp3) is 0.375. The number of aromatic nitrogens is 2. The molecule has 1 heterocycles. The SMILES string of the molecule is NCCOCC(=O)Nc1ccnc(Cl)n1. The van der Waals surface area contributed by atoms with Gasteiger partial charge in [0.2, 0.25) is 5.28 Å². The topological polar surface area (TPSA) is 90.1 Å². The number of carbonyl (C=O) groups is 1. The molecule has 0 atom stereocenters. The second-order valence-electron chi connectivity index (χ2n) is 2.60. The van der Waals surface area contributed by atoms with Crippen molar-refractivity contribution in [1.29, 1.82) is 0 Å². The third-order valence-corrected chi connectivity index (χ3v) is 1.57. The third kappa shape index (κ3) is 4.68. The van der Waals surface area contributed by atoms with Crippen molar-refractivity contribution in [3.05, 3.63) is 17.5 Å². The van der Waals surface area contributed by atoms with Crippen molar-refractivity contribution in [3.63, 3.8) is 0 Å². The van der Waals surface area contributed by atoms with Gasteiger partial charge in [-0.05, 0) is 17.7 Å². The number of hydrogen-bond acceptors (Lipinski definition) is 5. The second kappa shape index (κ2) is 6.28. The fourth-order valence-corrected chi connectivity index (χ4v) is 0.979. The molecule has 0 fully saturated rings. The van der Waals surface area contributed by atoms with E-state index in [2.05, 4.69) is 15.3 Å². The molecule has 1 aromatic rings. The minimum atomic E-state index is -0.307. The Hall–Kier alpha value is -1.24. The zero-order valence-corrected chi connectivity index (χ0v) is 8.70. The summed E-state index contributed by atoms with van der Waals surface area (Å²) >= 11 is 5.53. The summed E-state index contributed by atoms with van der Waals surface area (Å²) in [6.45, 7) is 0.670. The zero-order chi connectivity index (χ0) is 11.1. The predicted molar refractivity (Wildman–Crippen MR) is 55.5 cm³/mol. The molecule has 0 saturated carbocycles. The van der Waals surface area contributed by atoms with Crippen LogP contribution in [0.5, 0.6) is 0 Å². The molecule has 0 saturated heterocycles. The Bertz CT molecular complexity index is 334. The molecule has 0 aromatic carbocycles. The molecule has 0 aliphatic rings. The largest absolute Gasteiger partial charge is 0.370 e. The van der Waals surface area contributed by atoms with Crippen molar-refractivity contribution >= 4 is 23.3 Å². The van der Waals surface area contributed by atoms with Crippen molar-refractivity contribution in [1.82, 2.24) is 9.97 Å². The van der Waals surface area contributed by atoms with Gasteiger partial charge in [0.25, 0.3) is 5.91 Å². The monoisotopic (exact) mass is 230 g/mol. The average molecular weight is 231 g/mol. The number of nitrogens with one attached hydrogen (secondary N) is 1. The summed E-state index contributed by atoms with van der Waals surface area (Å²) in [7, 11) is 0. The maximum atomic E-state index is 11.2. The molecule has 15 heavy (non-hydrogen) atoms. The Morgan fingerprint density at radius 1 is 1.67 bits per heavy atom. The van der Waals surface area contributed by atoms with Crippen LogP contribution >= 0.6 is 11.6 Å². The highest BCUT2D eigenvalue weighted by Crippen LogP contribution is 2.05. The van der Waals surface area contributed by atoms with Crippen LogP contribution < -0.4 is 11.1 Å². The van der Waals surface area contributed by atoms with Gasteiger partial charge < -0.3 is 15.8 Å². The molecule has 0 bridgehead atoms. The van der Waals surface area contributed by atoms with Crippen molar-refractivity contribution < 1.29 is 9.53 Å². The zero-order valence-electron chi connectivity index (χ0n) is 7.94. The maximum Gasteiger partial charge on any atom is 0.251 e. The van der Waals surface area contributed by atoms with E-state index in [-0.39, 0.29) is 17.8 Å². The Balaban J connectivity index is 2.37. The lowest BCUT2D eigenvalue weighted by atomic mass is 10.5. The van der Waals surface area contributed by atoms with E-state index in [4.69, 9.17) is 22.1 Å². The second-order valence-corrected chi connectivity index (χ2v) is 2.94. The Kier molecular flexibility index (Phi) is 4.96. The number of ether oxygens (including phenoxy) is 1. The van der Waals surface area contributed by atoms with Gasteiger partial charge in [0.1, 0.15) is 12.4 Å². The number of rotatable bonds is 5. The van der Waals surface area contributed by atoms with Crippen LogP contribution in [0.4, 0.5) is 5.82 Å². The van der Waals surface area contributed by atoms with Crippen molar-refractivity contribution in [2.24, 2.45) is 5.73 Å². The fourth-order valence-electron chi connectivity index (χ4n) is 0.832. The van der Waals surface area contributed by atoms with E-state index in [0.717, 1.165) is 0 Å². The number of carbonyl (C=O) groups excluding carboxylic acids is 1. The van der Waals surface area contributed by atoms with E-state index in [1.807, 2.05) is 0 Å². The van der Waals surface area contributed by atoms with E-state index >= 15 is 0 Å². The highest BCUT2D eigenvalue weighted by Gasteiger charge is 2.03. The van der Waals surface area contributed by atoms with E-state index in [0.29, 0.717) is 19.0 Å². The first-order valence-corrected chi connectivity index (χ1v) is 4.66. The lowest BCUT2D eigenvalue weighted by Gasteiger charge is -2.04. The molecule has 6 nitrogen and oxygen atoms in total. The molecule has 7 heteroatoms. The van der Waals surface area contributed by atoms with Crippen molar-refractivity contribution in [2.75, 3.05) is 25.1 Å². The molecule has 1 aromatic heterocycles. The molecular formula is C8H11ClN4O2. The van der Waals surface area contributed by atoms with Crippen LogP contribution in [0.2, 0.25) is 5.28 Å². The van der Waals surface area contributed by atoms with Crippen LogP contribution in [0.25, 0.3) is 0 Å². The summed E-state index contributed by atoms with van der Waals surface area (Å²) in [5.41, 5.74) is 5.19. The number of anilines is 1. The molecule has 0 aliphatic carbocycles. The van der Waals surface area contributed by atoms with Crippen LogP contribution in [0.15, 0.2) is 12.3 Å². The van der Waals surface area contributed by atoms with Gasteiger partial charge >= 0.3 is 0 Å². The summed E-state index contributed by atoms with van der Waals surface area (Å²) in [6.07, 6.45) is 1.45. The third-order valence-electron chi connectivity index (χ3n) is 1.39. The highest BCUT2D eigenvalue weighted by molar-refractivity contribution is 6.28. The lowest BCUT2D eigenvalue weighted by molar-refractivity contribution is -0.120. The normalized spacial score (nSPS) is 10.0. The first-order valence-electron chi connectivity index (χ1n) is 4.28. The Labute approximate surface area is 91.8 Å². The first-order chi connectivity index (χ1) is 7.22. The standard InChI is InChI=1S/C8H11ClN4O2/c9-8-11-3-1-6(13-8)12-7(14)5-15-4-2-10/h1,3H,2,4-5,10H2,(H,11,12,13,14). The maximum absolute atomic E-state index is 11.2. The molecule has 3 N–H and O–H groups in total. The van der Waals surface area contributed by atoms with Gasteiger partial charge in [-0.25, -0.2) is 9.97 Å². The minimum Gasteiger partial charge on any atom is -0.370 e. The van der Waals surface area contributed by atoms with E-state index in [9.17, 15) is 4.79 Å². The molecule has 1 rings (SSSR count). The van der Waals surface area contributed by atoms with Crippen LogP contribution in [0.1, 0.15) is 0 Å². The van der Waals surface area contributed by atoms with Crippen molar-refractivity contribution in [3.8, 4) is 0 Å². The van der Waals surface area contributed by atoms with Crippen molar-refractivity contribution in [2.45, 2.75) is 0 Å². The molecule has 0 aliphatic heterocycles. The lowest BCUT2D eigenvalue weighted by Crippen LogP contribution is -2.21. The summed E-state index contributed by atoms with van der Waals surface area (Å²) in [4.78, 5) is 18.7. The van der Waals surface area contributed by atoms with Gasteiger partial charge in [-0.15, -0.1) is 0 Å². The van der Waals surface area contributed by atoms with Gasteiger partial charge in [0.05, 0.1) is 6.61 Å². The number of nitrogens with zero attached hydrogens (tertiary/aromatic N) is 2. The Morgan fingerprint density at radius 2 is 2.47 bits per heavy atom. The summed E-state index contributed by atoms with van der Waals surface area (Å²) in [6, 6.07) is 1.53. The number of halogens is 1. The molecule has 0 unspecified atom stereocenters. The average Bonchev–Trinajstić information content (AvgIpc) is 2.18. The van der Waals surface area contributed by atoms with Crippen LogP contribution in [0, 0.1) is 0 Å². The molecule has 82 valence electrons. The van der Waals surface area contributed by atoms with Crippen LogP contribution in [-0.4, -0.2) is 35.6 Å². The van der Waals surface area contributed by atoms with Crippen LogP contribution in [0.3, 0.4) is 0 Å². The molecular weight excluding hydrogens is 220 g/mol. The summed E-state index contributed by atoms with van der Waals surface area (Å²) in [5, 5.41) is 2.58. The number of amides is 1. The number of nitrogens with two attached hydrogens (primary N) is 1. The molecule has 0 radical (unpaired) electrons. The summed E-state index contributed by atoms with van der Waals surface area (Å²) < 4.78 is 4.93. The van der Waals surface area contributed by atoms with Gasteiger partial charge in [-0.3, -0.25) is 4.79 Å². The van der Waals surface area contributed by atoms with E-state index in [1.54, 1.807) is 0 Å². The van der Waals surface area contributed by atoms with Gasteiger partial charge in [0.15, 0.2) is 0 Å². The minimum absolute atomic E-state index is 0.0567. The quantitative estimate of drug-likeness (QED) is 0.551. The van der Waals surface area contributed by atoms with Gasteiger partial charge in [-0.1, -0.05) is 0 Å². The van der Waals surface area contributed by atoms with Crippen LogP contribution in [-0.2, 0) is 9.53 Å². The molecule has 0 spiro atoms. The predicted octanol–water partition coefficient (Wildman–Crippen LogP) is 0.0438. The van der Waals surface area contributed by atoms with Gasteiger partial charge in [-0.2, -0.15) is 0 Å². The van der Waals surface area contributed by atoms with E-state index in [1.165, 1.54) is 12.3 Å². The van der Waals surface area contributed by atoms with E-state index < -0.39 is 0 Å². The van der Waals surface area contributed by atoms with Gasteiger partial charge in [0, 0.05) is 12.7 Å². The molecule has 1 amide bonds.